The Morgan fingerprint density at radius 2 is 1.59 bits per heavy atom. The van der Waals surface area contributed by atoms with E-state index in [-0.39, 0.29) is 18.5 Å². The van der Waals surface area contributed by atoms with Gasteiger partial charge in [0.15, 0.2) is 0 Å². The third-order valence-corrected chi connectivity index (χ3v) is 7.79. The number of hydrogen-bond donors (Lipinski definition) is 0. The van der Waals surface area contributed by atoms with Gasteiger partial charge < -0.3 is 14.5 Å². The highest BCUT2D eigenvalue weighted by molar-refractivity contribution is 6.07. The summed E-state index contributed by atoms with van der Waals surface area (Å²) in [6.07, 6.45) is 3.86. The molecule has 3 amide bonds. The molecule has 0 bridgehead atoms. The van der Waals surface area contributed by atoms with Crippen molar-refractivity contribution in [1.82, 2.24) is 19.7 Å². The number of likely N-dealkylation sites (tertiary alicyclic amines) is 1. The van der Waals surface area contributed by atoms with Gasteiger partial charge in [-0.15, -0.1) is 0 Å². The molecule has 2 aliphatic rings. The van der Waals surface area contributed by atoms with Crippen molar-refractivity contribution in [2.45, 2.75) is 50.9 Å². The van der Waals surface area contributed by atoms with Gasteiger partial charge in [0.1, 0.15) is 11.3 Å². The summed E-state index contributed by atoms with van der Waals surface area (Å²) in [6, 6.07) is 23.8. The highest BCUT2D eigenvalue weighted by atomic mass is 16.5. The predicted octanol–water partition coefficient (Wildman–Crippen LogP) is 4.52. The highest BCUT2D eigenvalue weighted by Gasteiger charge is 2.58. The Balaban J connectivity index is 1.33. The molecule has 2 aromatic carbocycles. The number of carbonyl (C=O) groups excluding carboxylic acids is 2. The number of imide groups is 1. The zero-order valence-electron chi connectivity index (χ0n) is 21.5. The molecule has 0 radical (unpaired) electrons. The van der Waals surface area contributed by atoms with Gasteiger partial charge in [-0.1, -0.05) is 48.5 Å². The van der Waals surface area contributed by atoms with Gasteiger partial charge in [-0.2, -0.15) is 0 Å². The molecule has 1 atom stereocenters. The van der Waals surface area contributed by atoms with Crippen LogP contribution in [-0.4, -0.2) is 63.4 Å². The Morgan fingerprint density at radius 1 is 0.892 bits per heavy atom. The minimum Gasteiger partial charge on any atom is -0.497 e. The van der Waals surface area contributed by atoms with E-state index in [0.717, 1.165) is 30.8 Å². The third-order valence-electron chi connectivity index (χ3n) is 7.79. The summed E-state index contributed by atoms with van der Waals surface area (Å²) in [5.41, 5.74) is 2.18. The highest BCUT2D eigenvalue weighted by Crippen LogP contribution is 2.39. The fourth-order valence-electron chi connectivity index (χ4n) is 5.61. The number of nitrogens with zero attached hydrogens (tertiary/aromatic N) is 4. The summed E-state index contributed by atoms with van der Waals surface area (Å²) in [6.45, 7) is 4.38. The van der Waals surface area contributed by atoms with E-state index < -0.39 is 5.54 Å². The number of pyridine rings is 1. The maximum absolute atomic E-state index is 13.9. The normalized spacial score (nSPS) is 18.4. The van der Waals surface area contributed by atoms with Crippen LogP contribution in [-0.2, 0) is 24.3 Å². The molecule has 0 N–H and O–H groups in total. The maximum atomic E-state index is 13.9. The number of rotatable bonds is 8. The van der Waals surface area contributed by atoms with Crippen molar-refractivity contribution in [2.24, 2.45) is 0 Å². The Hall–Kier alpha value is -3.71. The Kier molecular flexibility index (Phi) is 7.24. The molecule has 2 fully saturated rings. The second-order valence-corrected chi connectivity index (χ2v) is 10.0. The van der Waals surface area contributed by atoms with Gasteiger partial charge in [0.05, 0.1) is 19.3 Å². The van der Waals surface area contributed by atoms with Gasteiger partial charge >= 0.3 is 6.03 Å². The summed E-state index contributed by atoms with van der Waals surface area (Å²) in [4.78, 5) is 37.6. The number of urea groups is 1. The van der Waals surface area contributed by atoms with Gasteiger partial charge in [0.25, 0.3) is 5.91 Å². The molecule has 1 spiro atoms. The lowest BCUT2D eigenvalue weighted by molar-refractivity contribution is -0.136. The molecule has 0 saturated carbocycles. The number of ether oxygens (including phenoxy) is 1. The zero-order valence-corrected chi connectivity index (χ0v) is 21.5. The zero-order chi connectivity index (χ0) is 25.8. The van der Waals surface area contributed by atoms with Crippen molar-refractivity contribution in [3.63, 3.8) is 0 Å². The van der Waals surface area contributed by atoms with Gasteiger partial charge in [0, 0.05) is 31.9 Å². The molecule has 192 valence electrons. The van der Waals surface area contributed by atoms with Crippen molar-refractivity contribution in [3.05, 3.63) is 95.8 Å². The second-order valence-electron chi connectivity index (χ2n) is 10.0. The predicted molar refractivity (Wildman–Crippen MR) is 142 cm³/mol. The summed E-state index contributed by atoms with van der Waals surface area (Å²) in [7, 11) is 1.68. The molecule has 0 unspecified atom stereocenters. The van der Waals surface area contributed by atoms with Crippen LogP contribution in [0.5, 0.6) is 5.75 Å². The van der Waals surface area contributed by atoms with Crippen LogP contribution in [0.1, 0.15) is 36.6 Å². The number of aromatic nitrogens is 1. The van der Waals surface area contributed by atoms with E-state index in [1.165, 1.54) is 10.5 Å². The van der Waals surface area contributed by atoms with Crippen molar-refractivity contribution >= 4 is 11.9 Å². The standard InChI is InChI=1S/C30H34N4O3/c1-23(20-24-11-13-27(37-2)14-12-24)32-18-15-30(16-19-32)28(35)33(22-26-10-6-7-17-31-26)29(36)34(30)21-25-8-4-3-5-9-25/h3-14,17,23H,15-16,18-22H2,1-2H3/t23-/m0/s1. The topological polar surface area (TPSA) is 66.0 Å². The first-order chi connectivity index (χ1) is 18.0. The van der Waals surface area contributed by atoms with E-state index in [2.05, 4.69) is 28.9 Å². The molecule has 0 aliphatic carbocycles. The molecule has 5 rings (SSSR count). The molecule has 2 aliphatic heterocycles. The number of piperidine rings is 1. The van der Waals surface area contributed by atoms with Gasteiger partial charge in [0.2, 0.25) is 0 Å². The summed E-state index contributed by atoms with van der Waals surface area (Å²) in [5.74, 6) is 0.760. The van der Waals surface area contributed by atoms with Crippen molar-refractivity contribution in [3.8, 4) is 5.75 Å². The largest absolute Gasteiger partial charge is 0.497 e. The Labute approximate surface area is 218 Å². The fraction of sp³-hybridized carbons (Fsp3) is 0.367. The number of carbonyl (C=O) groups is 2. The van der Waals surface area contributed by atoms with E-state index in [0.29, 0.717) is 31.1 Å². The minimum atomic E-state index is -0.821. The molecule has 7 nitrogen and oxygen atoms in total. The number of hydrogen-bond acceptors (Lipinski definition) is 5. The smallest absolute Gasteiger partial charge is 0.328 e. The summed E-state index contributed by atoms with van der Waals surface area (Å²) < 4.78 is 5.28. The molecule has 3 aromatic rings. The van der Waals surface area contributed by atoms with Crippen LogP contribution in [0.15, 0.2) is 79.0 Å². The van der Waals surface area contributed by atoms with Crippen LogP contribution in [0.4, 0.5) is 4.79 Å². The van der Waals surface area contributed by atoms with E-state index in [4.69, 9.17) is 4.74 Å². The number of methoxy groups -OCH3 is 1. The first-order valence-electron chi connectivity index (χ1n) is 12.9. The third kappa shape index (κ3) is 5.09. The van der Waals surface area contributed by atoms with Crippen LogP contribution >= 0.6 is 0 Å². The number of amides is 3. The van der Waals surface area contributed by atoms with E-state index >= 15 is 0 Å². The fourth-order valence-corrected chi connectivity index (χ4v) is 5.61. The summed E-state index contributed by atoms with van der Waals surface area (Å²) >= 11 is 0. The summed E-state index contributed by atoms with van der Waals surface area (Å²) in [5, 5.41) is 0. The van der Waals surface area contributed by atoms with E-state index in [1.807, 2.05) is 65.6 Å². The van der Waals surface area contributed by atoms with Crippen molar-refractivity contribution < 1.29 is 14.3 Å². The lowest BCUT2D eigenvalue weighted by Crippen LogP contribution is -2.57. The molecule has 3 heterocycles. The van der Waals surface area contributed by atoms with E-state index in [9.17, 15) is 9.59 Å². The monoisotopic (exact) mass is 498 g/mol. The quantitative estimate of drug-likeness (QED) is 0.427. The maximum Gasteiger partial charge on any atom is 0.328 e. The molecule has 1 aromatic heterocycles. The van der Waals surface area contributed by atoms with Gasteiger partial charge in [-0.3, -0.25) is 14.7 Å². The van der Waals surface area contributed by atoms with Gasteiger partial charge in [-0.25, -0.2) is 4.79 Å². The SMILES string of the molecule is COc1ccc(C[C@H](C)N2CCC3(CC2)C(=O)N(Cc2ccccn2)C(=O)N3Cc2ccccc2)cc1. The van der Waals surface area contributed by atoms with Crippen molar-refractivity contribution in [2.75, 3.05) is 20.2 Å². The molecule has 7 heteroatoms. The second kappa shape index (κ2) is 10.7. The van der Waals surface area contributed by atoms with Gasteiger partial charge in [-0.05, 0) is 61.6 Å². The molecule has 37 heavy (non-hydrogen) atoms. The Bertz CT molecular complexity index is 1210. The molecular weight excluding hydrogens is 464 g/mol. The average molecular weight is 499 g/mol. The van der Waals surface area contributed by atoms with Crippen LogP contribution in [0, 0.1) is 0 Å². The van der Waals surface area contributed by atoms with E-state index in [1.54, 1.807) is 13.3 Å². The first kappa shape index (κ1) is 25.0. The minimum absolute atomic E-state index is 0.0958. The average Bonchev–Trinajstić information content (AvgIpc) is 3.12. The Morgan fingerprint density at radius 3 is 2.24 bits per heavy atom. The molecule has 2 saturated heterocycles. The van der Waals surface area contributed by atoms with Crippen LogP contribution in [0.25, 0.3) is 0 Å². The van der Waals surface area contributed by atoms with Crippen molar-refractivity contribution in [1.29, 1.82) is 0 Å². The number of benzene rings is 2. The molecular formula is C30H34N4O3. The first-order valence-corrected chi connectivity index (χ1v) is 12.9. The lowest BCUT2D eigenvalue weighted by Gasteiger charge is -2.44. The lowest BCUT2D eigenvalue weighted by atomic mass is 9.84. The van der Waals surface area contributed by atoms with Crippen LogP contribution in [0.3, 0.4) is 0 Å². The van der Waals surface area contributed by atoms with Crippen LogP contribution < -0.4 is 4.74 Å². The van der Waals surface area contributed by atoms with Crippen LogP contribution in [0.2, 0.25) is 0 Å².